The Morgan fingerprint density at radius 3 is 2.84 bits per heavy atom. The predicted octanol–water partition coefficient (Wildman–Crippen LogP) is 0.592. The summed E-state index contributed by atoms with van der Waals surface area (Å²) >= 11 is 0. The van der Waals surface area contributed by atoms with E-state index in [1.54, 1.807) is 0 Å². The van der Waals surface area contributed by atoms with Gasteiger partial charge in [0.15, 0.2) is 0 Å². The normalized spacial score (nSPS) is 28.1. The summed E-state index contributed by atoms with van der Waals surface area (Å²) < 4.78 is 0. The van der Waals surface area contributed by atoms with E-state index >= 15 is 0 Å². The first-order valence-corrected chi connectivity index (χ1v) is 9.84. The molecule has 3 rings (SSSR count). The molecule has 7 heteroatoms. The SMILES string of the molecule is NCCCN1C(=O)CCC2CN(C(=O)CCN3CCCCO3)CCC21. The molecule has 0 aromatic carbocycles. The highest BCUT2D eigenvalue weighted by Gasteiger charge is 2.39. The number of hydroxylamine groups is 2. The molecule has 2 unspecified atom stereocenters. The van der Waals surface area contributed by atoms with Crippen LogP contribution in [0.25, 0.3) is 0 Å². The van der Waals surface area contributed by atoms with Gasteiger partial charge in [-0.3, -0.25) is 14.4 Å². The van der Waals surface area contributed by atoms with Crippen LogP contribution in [0.1, 0.15) is 44.9 Å². The summed E-state index contributed by atoms with van der Waals surface area (Å²) in [6.07, 6.45) is 6.04. The summed E-state index contributed by atoms with van der Waals surface area (Å²) in [5, 5.41) is 1.93. The van der Waals surface area contributed by atoms with Crippen molar-refractivity contribution in [3.63, 3.8) is 0 Å². The zero-order valence-electron chi connectivity index (χ0n) is 15.2. The van der Waals surface area contributed by atoms with Crippen LogP contribution in [-0.4, -0.2) is 78.6 Å². The minimum Gasteiger partial charge on any atom is -0.342 e. The molecule has 2 atom stereocenters. The number of carbonyl (C=O) groups excluding carboxylic acids is 2. The van der Waals surface area contributed by atoms with Crippen molar-refractivity contribution in [2.75, 3.05) is 45.9 Å². The molecule has 2 N–H and O–H groups in total. The van der Waals surface area contributed by atoms with Crippen LogP contribution < -0.4 is 5.73 Å². The topological polar surface area (TPSA) is 79.1 Å². The Kier molecular flexibility index (Phi) is 6.67. The smallest absolute Gasteiger partial charge is 0.223 e. The fourth-order valence-electron chi connectivity index (χ4n) is 4.33. The third-order valence-corrected chi connectivity index (χ3v) is 5.75. The molecule has 0 radical (unpaired) electrons. The van der Waals surface area contributed by atoms with Crippen LogP contribution in [-0.2, 0) is 14.4 Å². The zero-order valence-corrected chi connectivity index (χ0v) is 15.2. The molecule has 3 fully saturated rings. The van der Waals surface area contributed by atoms with Gasteiger partial charge in [-0.15, -0.1) is 0 Å². The number of likely N-dealkylation sites (tertiary alicyclic amines) is 2. The number of hydrogen-bond donors (Lipinski definition) is 1. The van der Waals surface area contributed by atoms with E-state index in [2.05, 4.69) is 0 Å². The van der Waals surface area contributed by atoms with Gasteiger partial charge in [0.2, 0.25) is 11.8 Å². The maximum Gasteiger partial charge on any atom is 0.223 e. The largest absolute Gasteiger partial charge is 0.342 e. The Balaban J connectivity index is 1.48. The molecule has 0 saturated carbocycles. The first-order valence-electron chi connectivity index (χ1n) is 9.84. The molecule has 25 heavy (non-hydrogen) atoms. The third-order valence-electron chi connectivity index (χ3n) is 5.75. The first kappa shape index (κ1) is 18.6. The summed E-state index contributed by atoms with van der Waals surface area (Å²) in [5.74, 6) is 0.897. The lowest BCUT2D eigenvalue weighted by Crippen LogP contribution is -2.57. The zero-order chi connectivity index (χ0) is 17.6. The molecule has 142 valence electrons. The number of nitrogens with two attached hydrogens (primary N) is 1. The lowest BCUT2D eigenvalue weighted by molar-refractivity contribution is -0.183. The molecule has 0 aliphatic carbocycles. The van der Waals surface area contributed by atoms with Crippen molar-refractivity contribution >= 4 is 11.8 Å². The van der Waals surface area contributed by atoms with Crippen LogP contribution in [0.15, 0.2) is 0 Å². The van der Waals surface area contributed by atoms with Crippen molar-refractivity contribution in [2.24, 2.45) is 11.7 Å². The van der Waals surface area contributed by atoms with E-state index in [0.29, 0.717) is 37.9 Å². The van der Waals surface area contributed by atoms with Crippen molar-refractivity contribution in [3.05, 3.63) is 0 Å². The average Bonchev–Trinajstić information content (AvgIpc) is 2.66. The van der Waals surface area contributed by atoms with Crippen LogP contribution in [0.4, 0.5) is 0 Å². The van der Waals surface area contributed by atoms with E-state index in [-0.39, 0.29) is 11.8 Å². The van der Waals surface area contributed by atoms with Gasteiger partial charge in [-0.25, -0.2) is 0 Å². The minimum absolute atomic E-state index is 0.220. The van der Waals surface area contributed by atoms with Crippen molar-refractivity contribution < 1.29 is 14.4 Å². The molecule has 3 aliphatic heterocycles. The molecule has 2 amide bonds. The second-order valence-corrected chi connectivity index (χ2v) is 7.44. The lowest BCUT2D eigenvalue weighted by Gasteiger charge is -2.47. The van der Waals surface area contributed by atoms with Gasteiger partial charge >= 0.3 is 0 Å². The number of carbonyl (C=O) groups is 2. The first-order chi connectivity index (χ1) is 12.2. The molecule has 0 spiro atoms. The van der Waals surface area contributed by atoms with Crippen molar-refractivity contribution in [2.45, 2.75) is 51.0 Å². The van der Waals surface area contributed by atoms with E-state index in [0.717, 1.165) is 64.9 Å². The van der Waals surface area contributed by atoms with Gasteiger partial charge in [0, 0.05) is 51.6 Å². The van der Waals surface area contributed by atoms with E-state index < -0.39 is 0 Å². The molecule has 3 saturated heterocycles. The predicted molar refractivity (Wildman–Crippen MR) is 94.5 cm³/mol. The Morgan fingerprint density at radius 2 is 2.08 bits per heavy atom. The second-order valence-electron chi connectivity index (χ2n) is 7.44. The van der Waals surface area contributed by atoms with Crippen LogP contribution in [0.3, 0.4) is 0 Å². The molecular formula is C18H32N4O3. The minimum atomic E-state index is 0.220. The quantitative estimate of drug-likeness (QED) is 0.757. The molecule has 7 nitrogen and oxygen atoms in total. The highest BCUT2D eigenvalue weighted by molar-refractivity contribution is 5.78. The van der Waals surface area contributed by atoms with Gasteiger partial charge in [0.25, 0.3) is 0 Å². The van der Waals surface area contributed by atoms with Gasteiger partial charge in [-0.2, -0.15) is 5.06 Å². The van der Waals surface area contributed by atoms with Gasteiger partial charge < -0.3 is 15.5 Å². The lowest BCUT2D eigenvalue weighted by atomic mass is 9.83. The number of piperidine rings is 2. The van der Waals surface area contributed by atoms with Crippen LogP contribution in [0, 0.1) is 5.92 Å². The average molecular weight is 352 g/mol. The molecule has 3 aliphatic rings. The van der Waals surface area contributed by atoms with E-state index in [1.807, 2.05) is 14.9 Å². The second kappa shape index (κ2) is 8.96. The number of rotatable bonds is 6. The van der Waals surface area contributed by atoms with Crippen LogP contribution >= 0.6 is 0 Å². The van der Waals surface area contributed by atoms with Crippen LogP contribution in [0.5, 0.6) is 0 Å². The Bertz CT molecular complexity index is 467. The summed E-state index contributed by atoms with van der Waals surface area (Å²) in [7, 11) is 0. The van der Waals surface area contributed by atoms with Crippen LogP contribution in [0.2, 0.25) is 0 Å². The highest BCUT2D eigenvalue weighted by Crippen LogP contribution is 2.31. The monoisotopic (exact) mass is 352 g/mol. The standard InChI is InChI=1S/C18H32N4O3/c19-8-3-10-22-16-6-11-20(14-15(16)4-5-18(22)24)17(23)7-12-21-9-1-2-13-25-21/h15-16H,1-14,19H2. The third kappa shape index (κ3) is 4.71. The van der Waals surface area contributed by atoms with Crippen molar-refractivity contribution in [1.29, 1.82) is 0 Å². The molecule has 0 aromatic heterocycles. The summed E-state index contributed by atoms with van der Waals surface area (Å²) in [4.78, 5) is 34.4. The maximum absolute atomic E-state index is 12.6. The summed E-state index contributed by atoms with van der Waals surface area (Å²) in [6, 6.07) is 0.294. The van der Waals surface area contributed by atoms with Gasteiger partial charge in [-0.05, 0) is 44.6 Å². The summed E-state index contributed by atoms with van der Waals surface area (Å²) in [5.41, 5.74) is 5.61. The van der Waals surface area contributed by atoms with Crippen molar-refractivity contribution in [1.82, 2.24) is 14.9 Å². The maximum atomic E-state index is 12.6. The highest BCUT2D eigenvalue weighted by atomic mass is 16.7. The Hall–Kier alpha value is -1.18. The van der Waals surface area contributed by atoms with Gasteiger partial charge in [0.1, 0.15) is 0 Å². The number of nitrogens with zero attached hydrogens (tertiary/aromatic N) is 3. The Labute approximate surface area is 150 Å². The van der Waals surface area contributed by atoms with E-state index in [4.69, 9.17) is 10.6 Å². The molecular weight excluding hydrogens is 320 g/mol. The van der Waals surface area contributed by atoms with Crippen molar-refractivity contribution in [3.8, 4) is 0 Å². The molecule has 3 heterocycles. The number of hydrogen-bond acceptors (Lipinski definition) is 5. The van der Waals surface area contributed by atoms with E-state index in [9.17, 15) is 9.59 Å². The fraction of sp³-hybridized carbons (Fsp3) is 0.889. The summed E-state index contributed by atoms with van der Waals surface area (Å²) in [6.45, 7) is 5.31. The Morgan fingerprint density at radius 1 is 1.20 bits per heavy atom. The van der Waals surface area contributed by atoms with Gasteiger partial charge in [-0.1, -0.05) is 0 Å². The fourth-order valence-corrected chi connectivity index (χ4v) is 4.33. The van der Waals surface area contributed by atoms with Gasteiger partial charge in [0.05, 0.1) is 6.61 Å². The molecule has 0 bridgehead atoms. The molecule has 0 aromatic rings. The van der Waals surface area contributed by atoms with E-state index in [1.165, 1.54) is 0 Å². The number of amides is 2. The number of fused-ring (bicyclic) bond motifs is 1.